The van der Waals surface area contributed by atoms with Gasteiger partial charge < -0.3 is 5.32 Å². The van der Waals surface area contributed by atoms with Gasteiger partial charge in [-0.25, -0.2) is 9.36 Å². The van der Waals surface area contributed by atoms with Crippen LogP contribution < -0.4 is 5.32 Å². The van der Waals surface area contributed by atoms with Crippen molar-refractivity contribution in [1.82, 2.24) is 30.0 Å². The minimum Gasteiger partial charge on any atom is -0.310 e. The molecule has 0 aliphatic heterocycles. The average Bonchev–Trinajstić information content (AvgIpc) is 3.37. The Morgan fingerprint density at radius 3 is 2.63 bits per heavy atom. The highest BCUT2D eigenvalue weighted by Crippen LogP contribution is 2.17. The summed E-state index contributed by atoms with van der Waals surface area (Å²) in [5, 5.41) is 19.6. The minimum atomic E-state index is -0.139. The van der Waals surface area contributed by atoms with Gasteiger partial charge in [-0.2, -0.15) is 5.10 Å². The van der Waals surface area contributed by atoms with Gasteiger partial charge in [0.15, 0.2) is 0 Å². The van der Waals surface area contributed by atoms with Crippen molar-refractivity contribution in [2.24, 2.45) is 0 Å². The van der Waals surface area contributed by atoms with Crippen molar-refractivity contribution in [2.75, 3.05) is 11.1 Å². The number of carbonyl (C=O) groups is 1. The van der Waals surface area contributed by atoms with E-state index in [1.165, 1.54) is 17.3 Å². The fourth-order valence-electron chi connectivity index (χ4n) is 3.01. The first kappa shape index (κ1) is 19.8. The zero-order chi connectivity index (χ0) is 20.8. The monoisotopic (exact) mass is 419 g/mol. The van der Waals surface area contributed by atoms with Crippen LogP contribution in [0.1, 0.15) is 16.7 Å². The number of hydrogen-bond donors (Lipinski definition) is 1. The van der Waals surface area contributed by atoms with Crippen LogP contribution in [0.15, 0.2) is 72.0 Å². The zero-order valence-electron chi connectivity index (χ0n) is 16.5. The van der Waals surface area contributed by atoms with Crippen molar-refractivity contribution < 1.29 is 4.79 Å². The quantitative estimate of drug-likeness (QED) is 0.442. The van der Waals surface area contributed by atoms with E-state index < -0.39 is 0 Å². The van der Waals surface area contributed by atoms with Crippen LogP contribution in [0.5, 0.6) is 0 Å². The first-order valence-corrected chi connectivity index (χ1v) is 10.5. The number of nitrogens with one attached hydrogen (secondary N) is 1. The molecule has 9 heteroatoms. The van der Waals surface area contributed by atoms with E-state index in [9.17, 15) is 4.79 Å². The summed E-state index contributed by atoms with van der Waals surface area (Å²) in [5.41, 5.74) is 3.41. The minimum absolute atomic E-state index is 0.139. The maximum absolute atomic E-state index is 12.5. The summed E-state index contributed by atoms with van der Waals surface area (Å²) in [6.45, 7) is 3.20. The molecular formula is C21H21N7OS. The van der Waals surface area contributed by atoms with Gasteiger partial charge in [0.05, 0.1) is 25.0 Å². The molecule has 2 aromatic heterocycles. The third-order valence-electron chi connectivity index (χ3n) is 4.41. The van der Waals surface area contributed by atoms with E-state index in [2.05, 4.69) is 45.0 Å². The Morgan fingerprint density at radius 2 is 1.80 bits per heavy atom. The molecule has 0 unspecified atom stereocenters. The van der Waals surface area contributed by atoms with Gasteiger partial charge in [0.25, 0.3) is 0 Å². The molecule has 4 aromatic rings. The molecule has 0 saturated carbocycles. The molecule has 1 N–H and O–H groups in total. The molecule has 152 valence electrons. The lowest BCUT2D eigenvalue weighted by Gasteiger charge is -2.09. The van der Waals surface area contributed by atoms with Gasteiger partial charge in [-0.1, -0.05) is 71.9 Å². The number of aryl methyl sites for hydroxylation is 1. The highest BCUT2D eigenvalue weighted by molar-refractivity contribution is 7.99. The molecule has 4 rings (SSSR count). The van der Waals surface area contributed by atoms with Crippen molar-refractivity contribution in [2.45, 2.75) is 25.2 Å². The maximum atomic E-state index is 12.5. The van der Waals surface area contributed by atoms with E-state index >= 15 is 0 Å². The van der Waals surface area contributed by atoms with Crippen LogP contribution >= 0.6 is 11.8 Å². The SMILES string of the molecule is Cc1cccc(Cn2nccc2NC(=O)CSc2nnnn2Cc2ccccc2)c1. The predicted octanol–water partition coefficient (Wildman–Crippen LogP) is 3.01. The van der Waals surface area contributed by atoms with Crippen molar-refractivity contribution in [3.8, 4) is 0 Å². The third kappa shape index (κ3) is 5.12. The second-order valence-corrected chi connectivity index (χ2v) is 7.75. The Balaban J connectivity index is 1.34. The molecule has 0 radical (unpaired) electrons. The number of amides is 1. The molecule has 0 saturated heterocycles. The molecule has 0 aliphatic carbocycles. The van der Waals surface area contributed by atoms with Crippen LogP contribution in [-0.2, 0) is 17.9 Å². The number of hydrogen-bond acceptors (Lipinski definition) is 6. The second kappa shape index (κ2) is 9.36. The van der Waals surface area contributed by atoms with Crippen LogP contribution in [0, 0.1) is 6.92 Å². The van der Waals surface area contributed by atoms with Gasteiger partial charge in [-0.3, -0.25) is 4.79 Å². The van der Waals surface area contributed by atoms with E-state index in [-0.39, 0.29) is 11.7 Å². The van der Waals surface area contributed by atoms with Crippen LogP contribution in [0.3, 0.4) is 0 Å². The highest BCUT2D eigenvalue weighted by Gasteiger charge is 2.12. The van der Waals surface area contributed by atoms with Crippen LogP contribution in [0.25, 0.3) is 0 Å². The first-order valence-electron chi connectivity index (χ1n) is 9.47. The molecular weight excluding hydrogens is 398 g/mol. The number of thioether (sulfide) groups is 1. The molecule has 1 amide bonds. The summed E-state index contributed by atoms with van der Waals surface area (Å²) < 4.78 is 3.46. The molecule has 0 atom stereocenters. The predicted molar refractivity (Wildman–Crippen MR) is 115 cm³/mol. The van der Waals surface area contributed by atoms with E-state index in [0.29, 0.717) is 24.1 Å². The number of benzene rings is 2. The third-order valence-corrected chi connectivity index (χ3v) is 5.36. The number of rotatable bonds is 8. The van der Waals surface area contributed by atoms with E-state index in [4.69, 9.17) is 0 Å². The Labute approximate surface area is 178 Å². The van der Waals surface area contributed by atoms with Crippen molar-refractivity contribution >= 4 is 23.5 Å². The Morgan fingerprint density at radius 1 is 1.00 bits per heavy atom. The maximum Gasteiger partial charge on any atom is 0.235 e. The lowest BCUT2D eigenvalue weighted by Crippen LogP contribution is -2.18. The van der Waals surface area contributed by atoms with Crippen LogP contribution in [0.2, 0.25) is 0 Å². The Kier molecular flexibility index (Phi) is 6.19. The number of nitrogens with zero attached hydrogens (tertiary/aromatic N) is 6. The summed E-state index contributed by atoms with van der Waals surface area (Å²) in [7, 11) is 0. The van der Waals surface area contributed by atoms with Gasteiger partial charge in [-0.15, -0.1) is 5.10 Å². The fourth-order valence-corrected chi connectivity index (χ4v) is 3.69. The molecule has 30 heavy (non-hydrogen) atoms. The second-order valence-electron chi connectivity index (χ2n) is 6.80. The molecule has 0 aliphatic rings. The molecule has 0 bridgehead atoms. The van der Waals surface area contributed by atoms with Gasteiger partial charge in [0.1, 0.15) is 5.82 Å². The smallest absolute Gasteiger partial charge is 0.235 e. The lowest BCUT2D eigenvalue weighted by molar-refractivity contribution is -0.113. The van der Waals surface area contributed by atoms with Crippen molar-refractivity contribution in [3.05, 3.63) is 83.6 Å². The molecule has 8 nitrogen and oxygen atoms in total. The van der Waals surface area contributed by atoms with E-state index in [0.717, 1.165) is 11.1 Å². The summed E-state index contributed by atoms with van der Waals surface area (Å²) in [6.07, 6.45) is 1.68. The van der Waals surface area contributed by atoms with Crippen molar-refractivity contribution in [3.63, 3.8) is 0 Å². The topological polar surface area (TPSA) is 90.5 Å². The number of carbonyl (C=O) groups excluding carboxylic acids is 1. The molecule has 0 fully saturated rings. The largest absolute Gasteiger partial charge is 0.310 e. The summed E-state index contributed by atoms with van der Waals surface area (Å²) >= 11 is 1.30. The molecule has 0 spiro atoms. The number of tetrazole rings is 1. The van der Waals surface area contributed by atoms with Gasteiger partial charge in [0.2, 0.25) is 11.1 Å². The average molecular weight is 420 g/mol. The fraction of sp³-hybridized carbons (Fsp3) is 0.190. The number of aromatic nitrogens is 6. The standard InChI is InChI=1S/C21H21N7OS/c1-16-6-5-9-18(12-16)14-27-19(10-11-22-27)23-20(29)15-30-21-24-25-26-28(21)13-17-7-3-2-4-8-17/h2-12H,13-15H2,1H3,(H,23,29). The number of anilines is 1. The summed E-state index contributed by atoms with van der Waals surface area (Å²) in [5.74, 6) is 0.719. The summed E-state index contributed by atoms with van der Waals surface area (Å²) in [6, 6.07) is 19.9. The Hall–Kier alpha value is -3.46. The first-order chi connectivity index (χ1) is 14.7. The van der Waals surface area contributed by atoms with Gasteiger partial charge >= 0.3 is 0 Å². The van der Waals surface area contributed by atoms with Gasteiger partial charge in [0, 0.05) is 6.07 Å². The Bertz CT molecular complexity index is 1120. The molecule has 2 heterocycles. The van der Waals surface area contributed by atoms with Crippen LogP contribution in [0.4, 0.5) is 5.82 Å². The highest BCUT2D eigenvalue weighted by atomic mass is 32.2. The lowest BCUT2D eigenvalue weighted by atomic mass is 10.1. The summed E-state index contributed by atoms with van der Waals surface area (Å²) in [4.78, 5) is 12.5. The molecule has 2 aromatic carbocycles. The van der Waals surface area contributed by atoms with Gasteiger partial charge in [-0.05, 0) is 28.5 Å². The van der Waals surface area contributed by atoms with Crippen molar-refractivity contribution in [1.29, 1.82) is 0 Å². The zero-order valence-corrected chi connectivity index (χ0v) is 17.3. The normalized spacial score (nSPS) is 10.8. The van der Waals surface area contributed by atoms with E-state index in [1.54, 1.807) is 21.6 Å². The van der Waals surface area contributed by atoms with Crippen LogP contribution in [-0.4, -0.2) is 41.6 Å². The van der Waals surface area contributed by atoms with E-state index in [1.807, 2.05) is 42.5 Å².